The molecular weight excluding hydrogens is 234 g/mol. The number of hydrogen-bond donors (Lipinski definition) is 3. The fraction of sp³-hybridized carbons (Fsp3) is 0.333. The highest BCUT2D eigenvalue weighted by molar-refractivity contribution is 5.60. The summed E-state index contributed by atoms with van der Waals surface area (Å²) < 4.78 is 5.22. The SMILES string of the molecule is NCC1(c2nc(-c3ccc(O)c(O)c3)no2)CC1. The minimum absolute atomic E-state index is 0.149. The van der Waals surface area contributed by atoms with Crippen molar-refractivity contribution in [3.63, 3.8) is 0 Å². The van der Waals surface area contributed by atoms with Crippen LogP contribution >= 0.6 is 0 Å². The molecule has 0 amide bonds. The van der Waals surface area contributed by atoms with Crippen LogP contribution in [0, 0.1) is 0 Å². The molecule has 0 atom stereocenters. The molecule has 1 aromatic carbocycles. The van der Waals surface area contributed by atoms with E-state index in [4.69, 9.17) is 10.3 Å². The fourth-order valence-electron chi connectivity index (χ4n) is 1.87. The van der Waals surface area contributed by atoms with E-state index in [1.165, 1.54) is 12.1 Å². The van der Waals surface area contributed by atoms with Gasteiger partial charge in [-0.2, -0.15) is 4.98 Å². The molecule has 1 fully saturated rings. The minimum atomic E-state index is -0.209. The summed E-state index contributed by atoms with van der Waals surface area (Å²) in [7, 11) is 0. The van der Waals surface area contributed by atoms with Gasteiger partial charge in [-0.1, -0.05) is 5.16 Å². The lowest BCUT2D eigenvalue weighted by Gasteiger charge is -2.03. The lowest BCUT2D eigenvalue weighted by molar-refractivity contribution is 0.347. The Hall–Kier alpha value is -2.08. The first-order valence-electron chi connectivity index (χ1n) is 5.71. The maximum atomic E-state index is 9.43. The predicted molar refractivity (Wildman–Crippen MR) is 63.0 cm³/mol. The van der Waals surface area contributed by atoms with Gasteiger partial charge in [0, 0.05) is 12.1 Å². The second-order valence-corrected chi connectivity index (χ2v) is 4.61. The number of phenols is 2. The predicted octanol–water partition coefficient (Wildman–Crippen LogP) is 1.14. The van der Waals surface area contributed by atoms with E-state index >= 15 is 0 Å². The molecular formula is C12H13N3O3. The van der Waals surface area contributed by atoms with Crippen LogP contribution in [0.5, 0.6) is 11.5 Å². The molecule has 18 heavy (non-hydrogen) atoms. The van der Waals surface area contributed by atoms with Crippen molar-refractivity contribution in [1.29, 1.82) is 0 Å². The number of nitrogens with two attached hydrogens (primary N) is 1. The average molecular weight is 247 g/mol. The summed E-state index contributed by atoms with van der Waals surface area (Å²) in [5.41, 5.74) is 6.13. The van der Waals surface area contributed by atoms with Crippen molar-refractivity contribution in [2.75, 3.05) is 6.54 Å². The van der Waals surface area contributed by atoms with Gasteiger partial charge in [-0.25, -0.2) is 0 Å². The second kappa shape index (κ2) is 3.71. The van der Waals surface area contributed by atoms with Gasteiger partial charge in [-0.3, -0.25) is 0 Å². The van der Waals surface area contributed by atoms with Gasteiger partial charge in [0.1, 0.15) is 0 Å². The highest BCUT2D eigenvalue weighted by atomic mass is 16.5. The molecule has 94 valence electrons. The molecule has 1 aliphatic rings. The summed E-state index contributed by atoms with van der Waals surface area (Å²) in [5, 5.41) is 22.5. The number of benzene rings is 1. The fourth-order valence-corrected chi connectivity index (χ4v) is 1.87. The van der Waals surface area contributed by atoms with Crippen molar-refractivity contribution < 1.29 is 14.7 Å². The van der Waals surface area contributed by atoms with E-state index in [2.05, 4.69) is 10.1 Å². The maximum absolute atomic E-state index is 9.43. The molecule has 4 N–H and O–H groups in total. The lowest BCUT2D eigenvalue weighted by atomic mass is 10.1. The smallest absolute Gasteiger partial charge is 0.234 e. The van der Waals surface area contributed by atoms with Gasteiger partial charge < -0.3 is 20.5 Å². The van der Waals surface area contributed by atoms with Crippen molar-refractivity contribution >= 4 is 0 Å². The molecule has 1 aliphatic carbocycles. The van der Waals surface area contributed by atoms with Crippen LogP contribution < -0.4 is 5.73 Å². The lowest BCUT2D eigenvalue weighted by Crippen LogP contribution is -2.19. The Balaban J connectivity index is 1.95. The van der Waals surface area contributed by atoms with Crippen LogP contribution in [0.4, 0.5) is 0 Å². The van der Waals surface area contributed by atoms with Gasteiger partial charge in [0.05, 0.1) is 5.41 Å². The van der Waals surface area contributed by atoms with E-state index in [0.29, 0.717) is 23.8 Å². The van der Waals surface area contributed by atoms with E-state index in [0.717, 1.165) is 12.8 Å². The molecule has 1 saturated carbocycles. The Morgan fingerprint density at radius 1 is 1.28 bits per heavy atom. The monoisotopic (exact) mass is 247 g/mol. The number of aromatic nitrogens is 2. The van der Waals surface area contributed by atoms with Gasteiger partial charge in [0.2, 0.25) is 11.7 Å². The number of rotatable bonds is 3. The number of hydrogen-bond acceptors (Lipinski definition) is 6. The largest absolute Gasteiger partial charge is 0.504 e. The van der Waals surface area contributed by atoms with Gasteiger partial charge in [0.25, 0.3) is 0 Å². The Morgan fingerprint density at radius 2 is 2.06 bits per heavy atom. The molecule has 3 rings (SSSR count). The summed E-state index contributed by atoms with van der Waals surface area (Å²) in [6.45, 7) is 0.495. The summed E-state index contributed by atoms with van der Waals surface area (Å²) in [6, 6.07) is 4.40. The van der Waals surface area contributed by atoms with Crippen LogP contribution in [0.1, 0.15) is 18.7 Å². The maximum Gasteiger partial charge on any atom is 0.234 e. The molecule has 2 aromatic rings. The molecule has 0 unspecified atom stereocenters. The Bertz CT molecular complexity index is 590. The van der Waals surface area contributed by atoms with Crippen molar-refractivity contribution in [1.82, 2.24) is 10.1 Å². The minimum Gasteiger partial charge on any atom is -0.504 e. The van der Waals surface area contributed by atoms with Gasteiger partial charge in [-0.15, -0.1) is 0 Å². The summed E-state index contributed by atoms with van der Waals surface area (Å²) in [6.07, 6.45) is 1.93. The molecule has 6 nitrogen and oxygen atoms in total. The Morgan fingerprint density at radius 3 is 2.67 bits per heavy atom. The number of nitrogens with zero attached hydrogens (tertiary/aromatic N) is 2. The third-order valence-electron chi connectivity index (χ3n) is 3.36. The topological polar surface area (TPSA) is 105 Å². The zero-order valence-electron chi connectivity index (χ0n) is 9.63. The van der Waals surface area contributed by atoms with Crippen molar-refractivity contribution in [3.05, 3.63) is 24.1 Å². The van der Waals surface area contributed by atoms with Gasteiger partial charge in [0.15, 0.2) is 11.5 Å². The molecule has 0 aliphatic heterocycles. The van der Waals surface area contributed by atoms with Crippen LogP contribution in [-0.2, 0) is 5.41 Å². The second-order valence-electron chi connectivity index (χ2n) is 4.61. The van der Waals surface area contributed by atoms with Gasteiger partial charge in [-0.05, 0) is 31.0 Å². The van der Waals surface area contributed by atoms with E-state index < -0.39 is 0 Å². The van der Waals surface area contributed by atoms with E-state index in [-0.39, 0.29) is 16.9 Å². The summed E-state index contributed by atoms with van der Waals surface area (Å²) >= 11 is 0. The van der Waals surface area contributed by atoms with Crippen LogP contribution in [0.3, 0.4) is 0 Å². The zero-order chi connectivity index (χ0) is 12.8. The molecule has 0 bridgehead atoms. The summed E-state index contributed by atoms with van der Waals surface area (Å²) in [5.74, 6) is 0.550. The third kappa shape index (κ3) is 1.62. The van der Waals surface area contributed by atoms with Crippen LogP contribution in [0.2, 0.25) is 0 Å². The van der Waals surface area contributed by atoms with Crippen LogP contribution in [0.25, 0.3) is 11.4 Å². The first-order chi connectivity index (χ1) is 8.64. The number of phenolic OH excluding ortho intramolecular Hbond substituents is 2. The van der Waals surface area contributed by atoms with Crippen molar-refractivity contribution in [2.45, 2.75) is 18.3 Å². The molecule has 1 aromatic heterocycles. The molecule has 1 heterocycles. The number of aromatic hydroxyl groups is 2. The molecule has 0 saturated heterocycles. The van der Waals surface area contributed by atoms with Crippen molar-refractivity contribution in [2.24, 2.45) is 5.73 Å². The van der Waals surface area contributed by atoms with Gasteiger partial charge >= 0.3 is 0 Å². The molecule has 0 radical (unpaired) electrons. The first-order valence-corrected chi connectivity index (χ1v) is 5.71. The Kier molecular flexibility index (Phi) is 2.27. The highest BCUT2D eigenvalue weighted by Crippen LogP contribution is 2.46. The zero-order valence-corrected chi connectivity index (χ0v) is 9.63. The van der Waals surface area contributed by atoms with Crippen LogP contribution in [-0.4, -0.2) is 26.9 Å². The highest BCUT2D eigenvalue weighted by Gasteiger charge is 2.48. The quantitative estimate of drug-likeness (QED) is 0.702. The van der Waals surface area contributed by atoms with E-state index in [1.807, 2.05) is 0 Å². The van der Waals surface area contributed by atoms with Crippen LogP contribution in [0.15, 0.2) is 22.7 Å². The van der Waals surface area contributed by atoms with Crippen molar-refractivity contribution in [3.8, 4) is 22.9 Å². The molecule has 0 spiro atoms. The average Bonchev–Trinajstić information content (AvgIpc) is 3.02. The van der Waals surface area contributed by atoms with E-state index in [1.54, 1.807) is 6.07 Å². The standard InChI is InChI=1S/C12H13N3O3/c13-6-12(3-4-12)11-14-10(15-18-11)7-1-2-8(16)9(17)5-7/h1-2,5,16-17H,3-4,6,13H2. The summed E-state index contributed by atoms with van der Waals surface area (Å²) in [4.78, 5) is 4.31. The van der Waals surface area contributed by atoms with E-state index in [9.17, 15) is 10.2 Å². The third-order valence-corrected chi connectivity index (χ3v) is 3.36. The normalized spacial score (nSPS) is 16.7. The first kappa shape index (κ1) is 11.0. The molecule has 6 heteroatoms. The Labute approximate surface area is 103 Å².